The van der Waals surface area contributed by atoms with Crippen LogP contribution in [0.25, 0.3) is 11.1 Å². The third-order valence-corrected chi connectivity index (χ3v) is 6.47. The van der Waals surface area contributed by atoms with Gasteiger partial charge in [0, 0.05) is 30.2 Å². The minimum atomic E-state index is -0.0865. The zero-order valence-corrected chi connectivity index (χ0v) is 14.4. The first-order valence-electron chi connectivity index (χ1n) is 9.34. The highest BCUT2D eigenvalue weighted by atomic mass is 16.5. The van der Waals surface area contributed by atoms with Crippen molar-refractivity contribution in [2.75, 3.05) is 6.61 Å². The maximum Gasteiger partial charge on any atom is 0.259 e. The summed E-state index contributed by atoms with van der Waals surface area (Å²) in [6.45, 7) is 1.99. The molecule has 4 atom stereocenters. The minimum Gasteiger partial charge on any atom is -0.396 e. The van der Waals surface area contributed by atoms with Gasteiger partial charge in [0.15, 0.2) is 0 Å². The van der Waals surface area contributed by atoms with Gasteiger partial charge in [-0.3, -0.25) is 4.79 Å². The molecule has 1 amide bonds. The van der Waals surface area contributed by atoms with Gasteiger partial charge in [-0.25, -0.2) is 4.98 Å². The molecule has 6 heteroatoms. The lowest BCUT2D eigenvalue weighted by Crippen LogP contribution is -2.45. The Labute approximate surface area is 146 Å². The van der Waals surface area contributed by atoms with E-state index in [1.807, 2.05) is 13.0 Å². The van der Waals surface area contributed by atoms with Crippen molar-refractivity contribution in [3.05, 3.63) is 23.0 Å². The van der Waals surface area contributed by atoms with Crippen LogP contribution in [0.3, 0.4) is 0 Å². The Morgan fingerprint density at radius 1 is 1.32 bits per heavy atom. The van der Waals surface area contributed by atoms with Gasteiger partial charge in [-0.2, -0.15) is 0 Å². The first-order chi connectivity index (χ1) is 12.2. The lowest BCUT2D eigenvalue weighted by molar-refractivity contribution is 0.0863. The predicted octanol–water partition coefficient (Wildman–Crippen LogP) is 2.55. The molecule has 0 radical (unpaired) electrons. The van der Waals surface area contributed by atoms with E-state index >= 15 is 0 Å². The molecule has 3 aliphatic rings. The summed E-state index contributed by atoms with van der Waals surface area (Å²) in [7, 11) is 0. The highest BCUT2D eigenvalue weighted by Gasteiger charge is 2.47. The van der Waals surface area contributed by atoms with Crippen LogP contribution >= 0.6 is 0 Å². The van der Waals surface area contributed by atoms with Gasteiger partial charge in [0.2, 0.25) is 0 Å². The third kappa shape index (κ3) is 2.38. The number of nitrogens with zero attached hydrogens (tertiary/aromatic N) is 2. The van der Waals surface area contributed by atoms with Crippen LogP contribution in [0.4, 0.5) is 0 Å². The number of pyridine rings is 1. The van der Waals surface area contributed by atoms with Crippen LogP contribution in [0.5, 0.6) is 0 Å². The van der Waals surface area contributed by atoms with Crippen LogP contribution in [0.15, 0.2) is 10.6 Å². The SMILES string of the molecule is Cc1noc2nc(C3CC3)cc(C(=O)NC3C4CCC(C4)C3CO)c12. The first-order valence-corrected chi connectivity index (χ1v) is 9.34. The van der Waals surface area contributed by atoms with Gasteiger partial charge in [-0.15, -0.1) is 0 Å². The first kappa shape index (κ1) is 15.3. The van der Waals surface area contributed by atoms with Crippen LogP contribution in [0, 0.1) is 24.7 Å². The maximum absolute atomic E-state index is 13.1. The summed E-state index contributed by atoms with van der Waals surface area (Å²) in [6.07, 6.45) is 5.69. The number of carbonyl (C=O) groups excluding carboxylic acids is 1. The number of fused-ring (bicyclic) bond motifs is 3. The molecule has 0 spiro atoms. The van der Waals surface area contributed by atoms with Crippen LogP contribution in [-0.4, -0.2) is 33.8 Å². The molecule has 2 N–H and O–H groups in total. The van der Waals surface area contributed by atoms with Crippen molar-refractivity contribution < 1.29 is 14.4 Å². The molecule has 2 aromatic rings. The molecule has 0 aromatic carbocycles. The Hall–Kier alpha value is -1.95. The smallest absolute Gasteiger partial charge is 0.259 e. The number of rotatable bonds is 4. The van der Waals surface area contributed by atoms with Gasteiger partial charge in [0.05, 0.1) is 16.6 Å². The molecule has 5 rings (SSSR count). The fourth-order valence-corrected chi connectivity index (χ4v) is 5.01. The van der Waals surface area contributed by atoms with E-state index in [0.29, 0.717) is 40.1 Å². The van der Waals surface area contributed by atoms with Gasteiger partial charge < -0.3 is 14.9 Å². The monoisotopic (exact) mass is 341 g/mol. The Bertz CT molecular complexity index is 842. The summed E-state index contributed by atoms with van der Waals surface area (Å²) in [4.78, 5) is 17.7. The molecule has 0 saturated heterocycles. The normalized spacial score (nSPS) is 31.0. The van der Waals surface area contributed by atoms with Gasteiger partial charge >= 0.3 is 0 Å². The van der Waals surface area contributed by atoms with E-state index in [-0.39, 0.29) is 24.5 Å². The Kier molecular flexibility index (Phi) is 3.39. The molecule has 3 fully saturated rings. The van der Waals surface area contributed by atoms with Crippen molar-refractivity contribution in [2.45, 2.75) is 51.0 Å². The standard InChI is InChI=1S/C19H23N3O3/c1-9-16-13(7-15(10-2-3-10)20-19(16)25-22-9)18(24)21-17-12-5-4-11(6-12)14(17)8-23/h7,10-12,14,17,23H,2-6,8H2,1H3,(H,21,24). The lowest BCUT2D eigenvalue weighted by Gasteiger charge is -2.30. The fourth-order valence-electron chi connectivity index (χ4n) is 5.01. The Morgan fingerprint density at radius 3 is 2.88 bits per heavy atom. The van der Waals surface area contributed by atoms with E-state index in [4.69, 9.17) is 4.52 Å². The van der Waals surface area contributed by atoms with Crippen LogP contribution in [-0.2, 0) is 0 Å². The van der Waals surface area contributed by atoms with Crippen molar-refractivity contribution in [3.63, 3.8) is 0 Å². The molecule has 0 aliphatic heterocycles. The van der Waals surface area contributed by atoms with Crippen molar-refractivity contribution in [2.24, 2.45) is 17.8 Å². The highest BCUT2D eigenvalue weighted by molar-refractivity contribution is 6.06. The topological polar surface area (TPSA) is 88.2 Å². The summed E-state index contributed by atoms with van der Waals surface area (Å²) in [6, 6.07) is 1.99. The number of hydrogen-bond acceptors (Lipinski definition) is 5. The van der Waals surface area contributed by atoms with Crippen LogP contribution in [0.1, 0.15) is 59.8 Å². The number of carbonyl (C=O) groups is 1. The summed E-state index contributed by atoms with van der Waals surface area (Å²) >= 11 is 0. The molecule has 3 saturated carbocycles. The van der Waals surface area contributed by atoms with Gasteiger partial charge in [0.1, 0.15) is 0 Å². The van der Waals surface area contributed by atoms with Crippen LogP contribution in [0.2, 0.25) is 0 Å². The summed E-state index contributed by atoms with van der Waals surface area (Å²) in [5, 5.41) is 17.7. The number of aromatic nitrogens is 2. The molecule has 2 heterocycles. The summed E-state index contributed by atoms with van der Waals surface area (Å²) in [5.74, 6) is 1.59. The van der Waals surface area contributed by atoms with E-state index in [2.05, 4.69) is 15.5 Å². The molecular weight excluding hydrogens is 318 g/mol. The molecule has 25 heavy (non-hydrogen) atoms. The van der Waals surface area contributed by atoms with Crippen molar-refractivity contribution in [1.82, 2.24) is 15.5 Å². The number of nitrogens with one attached hydrogen (secondary N) is 1. The van der Waals surface area contributed by atoms with Crippen molar-refractivity contribution in [3.8, 4) is 0 Å². The van der Waals surface area contributed by atoms with Crippen molar-refractivity contribution in [1.29, 1.82) is 0 Å². The molecule has 2 bridgehead atoms. The molecular formula is C19H23N3O3. The highest BCUT2D eigenvalue weighted by Crippen LogP contribution is 2.48. The van der Waals surface area contributed by atoms with Gasteiger partial charge in [-0.05, 0) is 56.9 Å². The molecule has 6 nitrogen and oxygen atoms in total. The van der Waals surface area contributed by atoms with E-state index in [1.54, 1.807) is 0 Å². The lowest BCUT2D eigenvalue weighted by atomic mass is 9.85. The fraction of sp³-hybridized carbons (Fsp3) is 0.632. The molecule has 4 unspecified atom stereocenters. The molecule has 2 aromatic heterocycles. The largest absolute Gasteiger partial charge is 0.396 e. The average Bonchev–Trinajstić information content (AvgIpc) is 3.13. The minimum absolute atomic E-state index is 0.0732. The predicted molar refractivity (Wildman–Crippen MR) is 91.2 cm³/mol. The number of aliphatic hydroxyl groups excluding tert-OH is 1. The molecule has 3 aliphatic carbocycles. The zero-order chi connectivity index (χ0) is 17.1. The molecule has 132 valence electrons. The second kappa shape index (κ2) is 5.53. The maximum atomic E-state index is 13.1. The number of aryl methyl sites for hydroxylation is 1. The summed E-state index contributed by atoms with van der Waals surface area (Å²) < 4.78 is 5.34. The number of aliphatic hydroxyl groups is 1. The zero-order valence-electron chi connectivity index (χ0n) is 14.4. The van der Waals surface area contributed by atoms with Gasteiger partial charge in [0.25, 0.3) is 11.6 Å². The number of hydrogen-bond donors (Lipinski definition) is 2. The Balaban J connectivity index is 1.49. The quantitative estimate of drug-likeness (QED) is 0.892. The van der Waals surface area contributed by atoms with E-state index in [0.717, 1.165) is 31.4 Å². The van der Waals surface area contributed by atoms with E-state index < -0.39 is 0 Å². The number of amides is 1. The summed E-state index contributed by atoms with van der Waals surface area (Å²) in [5.41, 5.74) is 2.70. The second-order valence-electron chi connectivity index (χ2n) is 8.00. The van der Waals surface area contributed by atoms with Crippen LogP contribution < -0.4 is 5.32 Å². The third-order valence-electron chi connectivity index (χ3n) is 6.47. The average molecular weight is 341 g/mol. The van der Waals surface area contributed by atoms with Gasteiger partial charge in [-0.1, -0.05) is 5.16 Å². The van der Waals surface area contributed by atoms with E-state index in [1.165, 1.54) is 6.42 Å². The van der Waals surface area contributed by atoms with E-state index in [9.17, 15) is 9.90 Å². The Morgan fingerprint density at radius 2 is 2.12 bits per heavy atom. The van der Waals surface area contributed by atoms with Crippen molar-refractivity contribution >= 4 is 17.0 Å². The second-order valence-corrected chi connectivity index (χ2v) is 8.00.